The number of ether oxygens (including phenoxy) is 2. The summed E-state index contributed by atoms with van der Waals surface area (Å²) in [4.78, 5) is 7.29. The number of pyridine rings is 1. The van der Waals surface area contributed by atoms with Crippen LogP contribution < -0.4 is 14.8 Å². The molecule has 0 amide bonds. The van der Waals surface area contributed by atoms with E-state index in [1.807, 2.05) is 6.07 Å². The molecule has 28 heavy (non-hydrogen) atoms. The van der Waals surface area contributed by atoms with Crippen molar-refractivity contribution in [3.63, 3.8) is 0 Å². The number of anilines is 1. The quantitative estimate of drug-likeness (QED) is 0.649. The molecule has 0 unspecified atom stereocenters. The summed E-state index contributed by atoms with van der Waals surface area (Å²) >= 11 is 0. The highest BCUT2D eigenvalue weighted by Gasteiger charge is 2.18. The van der Waals surface area contributed by atoms with Gasteiger partial charge in [-0.3, -0.25) is 0 Å². The third-order valence-corrected chi connectivity index (χ3v) is 5.65. The number of hydrogen-bond donors (Lipinski definition) is 1. The Labute approximate surface area is 166 Å². The van der Waals surface area contributed by atoms with E-state index in [0.29, 0.717) is 0 Å². The van der Waals surface area contributed by atoms with Crippen molar-refractivity contribution in [1.82, 2.24) is 9.88 Å². The number of fused-ring (bicyclic) bond motifs is 5. The van der Waals surface area contributed by atoms with Gasteiger partial charge in [-0.05, 0) is 68.4 Å². The molecule has 1 aliphatic rings. The molecule has 0 spiro atoms. The third-order valence-electron chi connectivity index (χ3n) is 5.65. The van der Waals surface area contributed by atoms with Gasteiger partial charge in [-0.25, -0.2) is 4.98 Å². The van der Waals surface area contributed by atoms with Crippen LogP contribution in [0.4, 0.5) is 5.82 Å². The molecule has 0 fully saturated rings. The Kier molecular flexibility index (Phi) is 5.27. The molecule has 1 N–H and O–H groups in total. The van der Waals surface area contributed by atoms with Crippen LogP contribution in [0, 0.1) is 0 Å². The van der Waals surface area contributed by atoms with Gasteiger partial charge in [-0.15, -0.1) is 0 Å². The summed E-state index contributed by atoms with van der Waals surface area (Å²) in [6, 6.07) is 8.64. The predicted octanol–water partition coefficient (Wildman–Crippen LogP) is 4.26. The van der Waals surface area contributed by atoms with Gasteiger partial charge in [0.2, 0.25) is 0 Å². The monoisotopic (exact) mass is 379 g/mol. The van der Waals surface area contributed by atoms with E-state index >= 15 is 0 Å². The highest BCUT2D eigenvalue weighted by Crippen LogP contribution is 2.40. The van der Waals surface area contributed by atoms with Crippen molar-refractivity contribution in [2.24, 2.45) is 0 Å². The Hall–Kier alpha value is -2.53. The van der Waals surface area contributed by atoms with E-state index in [0.717, 1.165) is 59.5 Å². The van der Waals surface area contributed by atoms with Gasteiger partial charge in [0.1, 0.15) is 5.82 Å². The summed E-state index contributed by atoms with van der Waals surface area (Å²) < 4.78 is 11.1. The van der Waals surface area contributed by atoms with E-state index in [9.17, 15) is 0 Å². The number of rotatable bonds is 6. The van der Waals surface area contributed by atoms with Crippen LogP contribution in [-0.4, -0.2) is 51.3 Å². The highest BCUT2D eigenvalue weighted by atomic mass is 16.5. The second-order valence-corrected chi connectivity index (χ2v) is 7.75. The second-order valence-electron chi connectivity index (χ2n) is 7.75. The van der Waals surface area contributed by atoms with Gasteiger partial charge >= 0.3 is 0 Å². The predicted molar refractivity (Wildman–Crippen MR) is 116 cm³/mol. The first-order valence-electron chi connectivity index (χ1n) is 10.0. The van der Waals surface area contributed by atoms with E-state index < -0.39 is 0 Å². The normalized spacial score (nSPS) is 13.8. The number of hydrogen-bond acceptors (Lipinski definition) is 5. The zero-order chi connectivity index (χ0) is 19.7. The first kappa shape index (κ1) is 18.8. The Morgan fingerprint density at radius 1 is 0.964 bits per heavy atom. The molecule has 0 saturated carbocycles. The molecule has 5 nitrogen and oxygen atoms in total. The minimum Gasteiger partial charge on any atom is -0.493 e. The van der Waals surface area contributed by atoms with Crippen LogP contribution >= 0.6 is 0 Å². The Bertz CT molecular complexity index is 1010. The fourth-order valence-corrected chi connectivity index (χ4v) is 4.16. The summed E-state index contributed by atoms with van der Waals surface area (Å²) in [5.41, 5.74) is 3.99. The molecule has 0 radical (unpaired) electrons. The number of nitrogens with one attached hydrogen (secondary N) is 1. The van der Waals surface area contributed by atoms with Gasteiger partial charge in [0, 0.05) is 23.9 Å². The van der Waals surface area contributed by atoms with Crippen LogP contribution in [-0.2, 0) is 12.8 Å². The molecule has 4 rings (SSSR count). The zero-order valence-corrected chi connectivity index (χ0v) is 17.3. The number of methoxy groups -OCH3 is 2. The number of nitrogens with zero attached hydrogens (tertiary/aromatic N) is 2. The van der Waals surface area contributed by atoms with Gasteiger partial charge in [0.25, 0.3) is 0 Å². The molecule has 3 aromatic rings. The smallest absolute Gasteiger partial charge is 0.161 e. The van der Waals surface area contributed by atoms with Crippen molar-refractivity contribution < 1.29 is 9.47 Å². The maximum Gasteiger partial charge on any atom is 0.161 e. The lowest BCUT2D eigenvalue weighted by atomic mass is 9.88. The topological polar surface area (TPSA) is 46.6 Å². The summed E-state index contributed by atoms with van der Waals surface area (Å²) in [6.07, 6.45) is 4.77. The molecule has 0 saturated heterocycles. The second kappa shape index (κ2) is 7.84. The molecule has 0 aliphatic heterocycles. The number of benzene rings is 2. The average Bonchev–Trinajstić information content (AvgIpc) is 2.72. The van der Waals surface area contributed by atoms with Crippen molar-refractivity contribution in [2.75, 3.05) is 46.7 Å². The summed E-state index contributed by atoms with van der Waals surface area (Å²) in [7, 11) is 7.52. The average molecular weight is 380 g/mol. The summed E-state index contributed by atoms with van der Waals surface area (Å²) in [5.74, 6) is 2.40. The van der Waals surface area contributed by atoms with Crippen molar-refractivity contribution in [3.8, 4) is 11.5 Å². The third kappa shape index (κ3) is 3.35. The number of likely N-dealkylation sites (N-methyl/N-ethyl adjacent to an activating group) is 1. The van der Waals surface area contributed by atoms with Crippen LogP contribution in [0.2, 0.25) is 0 Å². The van der Waals surface area contributed by atoms with E-state index in [2.05, 4.69) is 42.5 Å². The molecule has 1 aliphatic carbocycles. The Morgan fingerprint density at radius 2 is 1.68 bits per heavy atom. The molecule has 1 aromatic heterocycles. The lowest BCUT2D eigenvalue weighted by molar-refractivity contribution is 0.356. The van der Waals surface area contributed by atoms with E-state index in [-0.39, 0.29) is 0 Å². The van der Waals surface area contributed by atoms with Gasteiger partial charge in [0.05, 0.1) is 19.7 Å². The van der Waals surface area contributed by atoms with Crippen molar-refractivity contribution in [1.29, 1.82) is 0 Å². The first-order chi connectivity index (χ1) is 13.6. The molecule has 0 atom stereocenters. The molecular formula is C23H29N3O2. The van der Waals surface area contributed by atoms with Crippen molar-refractivity contribution in [2.45, 2.75) is 25.7 Å². The Balaban J connectivity index is 1.96. The molecule has 1 heterocycles. The van der Waals surface area contributed by atoms with Crippen molar-refractivity contribution >= 4 is 27.5 Å². The zero-order valence-electron chi connectivity index (χ0n) is 17.3. The Morgan fingerprint density at radius 3 is 2.39 bits per heavy atom. The largest absolute Gasteiger partial charge is 0.493 e. The van der Waals surface area contributed by atoms with Crippen LogP contribution in [0.5, 0.6) is 11.5 Å². The van der Waals surface area contributed by atoms with Gasteiger partial charge < -0.3 is 19.7 Å². The SMILES string of the molecule is COc1cc2c(NCCN(C)C)nc3c4c(ccc3c2cc1OC)CCCC4. The summed E-state index contributed by atoms with van der Waals surface area (Å²) in [6.45, 7) is 1.78. The maximum atomic E-state index is 5.59. The highest BCUT2D eigenvalue weighted by molar-refractivity contribution is 6.12. The molecule has 2 aromatic carbocycles. The fraction of sp³-hybridized carbons (Fsp3) is 0.435. The van der Waals surface area contributed by atoms with E-state index in [4.69, 9.17) is 14.5 Å². The van der Waals surface area contributed by atoms with Crippen LogP contribution in [0.25, 0.3) is 21.7 Å². The van der Waals surface area contributed by atoms with Crippen molar-refractivity contribution in [3.05, 3.63) is 35.4 Å². The van der Waals surface area contributed by atoms with Crippen LogP contribution in [0.3, 0.4) is 0 Å². The minimum atomic E-state index is 0.727. The number of aryl methyl sites for hydroxylation is 2. The molecule has 5 heteroatoms. The van der Waals surface area contributed by atoms with E-state index in [1.165, 1.54) is 29.4 Å². The van der Waals surface area contributed by atoms with Crippen LogP contribution in [0.15, 0.2) is 24.3 Å². The van der Waals surface area contributed by atoms with Gasteiger partial charge in [-0.2, -0.15) is 0 Å². The van der Waals surface area contributed by atoms with E-state index in [1.54, 1.807) is 14.2 Å². The first-order valence-corrected chi connectivity index (χ1v) is 10.0. The van der Waals surface area contributed by atoms with Gasteiger partial charge in [0.15, 0.2) is 11.5 Å². The summed E-state index contributed by atoms with van der Waals surface area (Å²) in [5, 5.41) is 6.97. The fourth-order valence-electron chi connectivity index (χ4n) is 4.16. The maximum absolute atomic E-state index is 5.59. The lowest BCUT2D eigenvalue weighted by Gasteiger charge is -2.20. The van der Waals surface area contributed by atoms with Crippen LogP contribution in [0.1, 0.15) is 24.0 Å². The lowest BCUT2D eigenvalue weighted by Crippen LogP contribution is -2.21. The minimum absolute atomic E-state index is 0.727. The number of aromatic nitrogens is 1. The standard InChI is InChI=1S/C23H29N3O2/c1-26(2)12-11-24-23-19-14-21(28-4)20(27-3)13-18(19)17-10-9-15-7-5-6-8-16(15)22(17)25-23/h9-10,13-14H,5-8,11-12H2,1-4H3,(H,24,25). The molecule has 0 bridgehead atoms. The van der Waals surface area contributed by atoms with Gasteiger partial charge in [-0.1, -0.05) is 12.1 Å². The molecule has 148 valence electrons. The molecular weight excluding hydrogens is 350 g/mol.